The van der Waals surface area contributed by atoms with Crippen LogP contribution >= 0.6 is 11.6 Å². The molecule has 0 radical (unpaired) electrons. The number of aryl methyl sites for hydroxylation is 1. The molecular weight excluding hydrogens is 974 g/mol. The molecule has 3 saturated heterocycles. The number of anilines is 1. The van der Waals surface area contributed by atoms with Crippen molar-refractivity contribution in [3.05, 3.63) is 99.2 Å². The molecule has 4 fully saturated rings. The summed E-state index contributed by atoms with van der Waals surface area (Å²) in [5, 5.41) is 19.3. The largest absolute Gasteiger partial charge is 0.480 e. The van der Waals surface area contributed by atoms with Crippen molar-refractivity contribution in [3.8, 4) is 22.8 Å². The van der Waals surface area contributed by atoms with Gasteiger partial charge in [-0.05, 0) is 69.2 Å². The van der Waals surface area contributed by atoms with E-state index in [2.05, 4.69) is 25.6 Å². The summed E-state index contributed by atoms with van der Waals surface area (Å²) in [6, 6.07) is 11.1. The Hall–Kier alpha value is -6.35. The fraction of sp³-hybridized carbons (Fsp3) is 0.462. The number of aromatic nitrogens is 3. The van der Waals surface area contributed by atoms with Crippen LogP contribution in [0.2, 0.25) is 5.02 Å². The normalized spacial score (nSPS) is 22.8. The third kappa shape index (κ3) is 9.13. The highest BCUT2D eigenvalue weighted by Crippen LogP contribution is 2.56. The highest BCUT2D eigenvalue weighted by atomic mass is 35.5. The molecule has 16 nitrogen and oxygen atoms in total. The van der Waals surface area contributed by atoms with Crippen LogP contribution in [0.1, 0.15) is 90.8 Å². The summed E-state index contributed by atoms with van der Waals surface area (Å²) in [6.45, 7) is 4.82. The number of carbonyl (C=O) groups excluding carboxylic acids is 4. The zero-order chi connectivity index (χ0) is 51.5. The van der Waals surface area contributed by atoms with Crippen molar-refractivity contribution in [2.75, 3.05) is 63.9 Å². The summed E-state index contributed by atoms with van der Waals surface area (Å²) >= 11 is 6.68. The SMILES string of the molecule is C[C@H]1c2c(cc(F)c(Cl)c2-c2c(C(N)=O)cnc(OCCO)c2F)O[C@]1(CNC1CCC(C(=O)N2CC(CN3CCC(c4c(F)cc5c(N6CCC(=O)NC6=O)nn(C)c5c4F)CC3)C2)CC1)c1ccccc1. The van der Waals surface area contributed by atoms with Gasteiger partial charge in [0.1, 0.15) is 29.5 Å². The number of imide groups is 1. The number of urea groups is 1. The zero-order valence-electron chi connectivity index (χ0n) is 40.4. The van der Waals surface area contributed by atoms with E-state index < -0.39 is 75.7 Å². The number of hydrogen-bond acceptors (Lipinski definition) is 11. The van der Waals surface area contributed by atoms with E-state index >= 15 is 17.6 Å². The number of fused-ring (bicyclic) bond motifs is 2. The molecule has 2 aromatic heterocycles. The van der Waals surface area contributed by atoms with Crippen LogP contribution in [0.3, 0.4) is 0 Å². The number of nitrogens with two attached hydrogens (primary N) is 1. The van der Waals surface area contributed by atoms with Crippen LogP contribution in [0, 0.1) is 35.1 Å². The lowest BCUT2D eigenvalue weighted by molar-refractivity contribution is -0.143. The highest BCUT2D eigenvalue weighted by molar-refractivity contribution is 6.34. The number of amides is 5. The predicted molar refractivity (Wildman–Crippen MR) is 261 cm³/mol. The Labute approximate surface area is 423 Å². The van der Waals surface area contributed by atoms with E-state index in [4.69, 9.17) is 26.8 Å². The molecular formula is C52H56ClF4N9O7. The molecule has 0 bridgehead atoms. The number of carbonyl (C=O) groups is 4. The molecule has 3 aromatic carbocycles. The second kappa shape index (κ2) is 20.2. The first kappa shape index (κ1) is 50.2. The van der Waals surface area contributed by atoms with Crippen molar-refractivity contribution in [2.45, 2.75) is 75.3 Å². The Bertz CT molecular complexity index is 3000. The van der Waals surface area contributed by atoms with Gasteiger partial charge in [0.25, 0.3) is 11.8 Å². The number of pyridine rings is 1. The fourth-order valence-electron chi connectivity index (χ4n) is 11.8. The van der Waals surface area contributed by atoms with Crippen molar-refractivity contribution in [1.82, 2.24) is 35.2 Å². The third-order valence-corrected chi connectivity index (χ3v) is 16.0. The van der Waals surface area contributed by atoms with Crippen LogP contribution in [0.4, 0.5) is 28.2 Å². The van der Waals surface area contributed by atoms with Gasteiger partial charge in [-0.2, -0.15) is 5.10 Å². The number of likely N-dealkylation sites (tertiary alicyclic amines) is 2. The maximum atomic E-state index is 16.4. The molecule has 5 aromatic rings. The van der Waals surface area contributed by atoms with Crippen LogP contribution in [0.15, 0.2) is 48.7 Å². The number of benzene rings is 3. The summed E-state index contributed by atoms with van der Waals surface area (Å²) in [5.41, 5.74) is 4.95. The summed E-state index contributed by atoms with van der Waals surface area (Å²) in [6.07, 6.45) is 4.98. The quantitative estimate of drug-likeness (QED) is 0.0871. The van der Waals surface area contributed by atoms with Crippen LogP contribution in [0.25, 0.3) is 22.0 Å². The Morgan fingerprint density at radius 2 is 1.70 bits per heavy atom. The first-order valence-electron chi connectivity index (χ1n) is 24.8. The molecule has 5 amide bonds. The fourth-order valence-corrected chi connectivity index (χ4v) is 12.0. The molecule has 1 aliphatic carbocycles. The third-order valence-electron chi connectivity index (χ3n) is 15.6. The molecule has 0 spiro atoms. The van der Waals surface area contributed by atoms with Crippen LogP contribution in [0.5, 0.6) is 11.6 Å². The van der Waals surface area contributed by atoms with E-state index in [-0.39, 0.29) is 95.0 Å². The summed E-state index contributed by atoms with van der Waals surface area (Å²) in [4.78, 5) is 60.1. The Morgan fingerprint density at radius 1 is 0.973 bits per heavy atom. The van der Waals surface area contributed by atoms with E-state index in [1.807, 2.05) is 42.2 Å². The molecule has 386 valence electrons. The van der Waals surface area contributed by atoms with Crippen molar-refractivity contribution in [3.63, 3.8) is 0 Å². The summed E-state index contributed by atoms with van der Waals surface area (Å²) in [5.74, 6) is -5.79. The number of aliphatic hydroxyl groups excluding tert-OH is 1. The van der Waals surface area contributed by atoms with Gasteiger partial charge < -0.3 is 35.4 Å². The molecule has 73 heavy (non-hydrogen) atoms. The molecule has 4 aliphatic heterocycles. The molecule has 6 heterocycles. The lowest BCUT2D eigenvalue weighted by Gasteiger charge is -2.45. The summed E-state index contributed by atoms with van der Waals surface area (Å²) < 4.78 is 77.6. The second-order valence-electron chi connectivity index (χ2n) is 19.9. The summed E-state index contributed by atoms with van der Waals surface area (Å²) in [7, 11) is 1.55. The molecule has 21 heteroatoms. The number of hydrogen-bond donors (Lipinski definition) is 4. The molecule has 0 unspecified atom stereocenters. The van der Waals surface area contributed by atoms with Gasteiger partial charge >= 0.3 is 6.03 Å². The maximum Gasteiger partial charge on any atom is 0.329 e. The van der Waals surface area contributed by atoms with Gasteiger partial charge in [0.2, 0.25) is 11.8 Å². The van der Waals surface area contributed by atoms with Gasteiger partial charge in [-0.15, -0.1) is 0 Å². The monoisotopic (exact) mass is 1030 g/mol. The van der Waals surface area contributed by atoms with Crippen LogP contribution in [-0.4, -0.2) is 118 Å². The predicted octanol–water partition coefficient (Wildman–Crippen LogP) is 6.64. The molecule has 10 rings (SSSR count). The van der Waals surface area contributed by atoms with E-state index in [0.29, 0.717) is 57.4 Å². The van der Waals surface area contributed by atoms with Crippen molar-refractivity contribution < 1.29 is 51.3 Å². The Balaban J connectivity index is 0.747. The number of nitrogens with zero attached hydrogens (tertiary/aromatic N) is 6. The maximum absolute atomic E-state index is 16.4. The van der Waals surface area contributed by atoms with Crippen molar-refractivity contribution >= 4 is 52.1 Å². The van der Waals surface area contributed by atoms with E-state index in [1.54, 1.807) is 7.05 Å². The lowest BCUT2D eigenvalue weighted by Crippen LogP contribution is -2.56. The standard InChI is InChI=1S/C52H56ClF4N9O7/c1-27-39-37(21-36(55)43(53)42(39)41-34(47(58)69)22-59-49(45(41)57)72-19-18-67)73-52(27,31-6-4-3-5-7-31)26-60-32-10-8-30(9-11-32)50(70)65-24-28(25-65)23-64-15-12-29(13-16-64)40-35(54)20-33-46(44(40)56)63(2)62-48(33)66-17-14-38(68)61-51(66)71/h3-7,20-22,27-30,32,60,67H,8-19,23-26H2,1-2H3,(H2,58,69)(H,61,68,71)/t27-,30?,32?,52-/m0/s1. The van der Waals surface area contributed by atoms with Gasteiger partial charge in [0.05, 0.1) is 22.6 Å². The highest BCUT2D eigenvalue weighted by Gasteiger charge is 2.51. The van der Waals surface area contributed by atoms with Gasteiger partial charge in [0.15, 0.2) is 23.1 Å². The van der Waals surface area contributed by atoms with Crippen LogP contribution in [-0.2, 0) is 22.2 Å². The minimum atomic E-state index is -1.15. The second-order valence-corrected chi connectivity index (χ2v) is 20.3. The minimum Gasteiger partial charge on any atom is -0.480 e. The zero-order valence-corrected chi connectivity index (χ0v) is 41.1. The first-order valence-corrected chi connectivity index (χ1v) is 25.1. The minimum absolute atomic E-state index is 0.0163. The number of ether oxygens (including phenoxy) is 2. The first-order chi connectivity index (χ1) is 35.1. The van der Waals surface area contributed by atoms with E-state index in [9.17, 15) is 24.3 Å². The molecule has 5 N–H and O–H groups in total. The van der Waals surface area contributed by atoms with Gasteiger partial charge in [0, 0.05) is 105 Å². The number of nitrogens with one attached hydrogen (secondary N) is 2. The van der Waals surface area contributed by atoms with Gasteiger partial charge in [-0.25, -0.2) is 27.3 Å². The smallest absolute Gasteiger partial charge is 0.329 e. The number of halogens is 5. The molecule has 2 atom stereocenters. The number of rotatable bonds is 14. The van der Waals surface area contributed by atoms with Gasteiger partial charge in [-0.3, -0.25) is 29.3 Å². The number of aliphatic hydroxyl groups is 1. The number of piperidine rings is 1. The molecule has 1 saturated carbocycles. The Morgan fingerprint density at radius 3 is 2.38 bits per heavy atom. The number of primary amides is 1. The van der Waals surface area contributed by atoms with Gasteiger partial charge in [-0.1, -0.05) is 48.9 Å². The van der Waals surface area contributed by atoms with Crippen molar-refractivity contribution in [1.29, 1.82) is 0 Å². The Kier molecular flexibility index (Phi) is 13.9. The topological polar surface area (TPSA) is 197 Å². The van der Waals surface area contributed by atoms with E-state index in [0.717, 1.165) is 37.2 Å². The average molecular weight is 1030 g/mol. The lowest BCUT2D eigenvalue weighted by atomic mass is 9.77. The van der Waals surface area contributed by atoms with Crippen LogP contribution < -0.4 is 30.7 Å². The van der Waals surface area contributed by atoms with Crippen molar-refractivity contribution in [2.24, 2.45) is 24.6 Å². The molecule has 5 aliphatic rings. The van der Waals surface area contributed by atoms with E-state index in [1.165, 1.54) is 15.6 Å². The average Bonchev–Trinajstić information content (AvgIpc) is 3.84.